The summed E-state index contributed by atoms with van der Waals surface area (Å²) >= 11 is 0. The molecule has 2 N–H and O–H groups in total. The van der Waals surface area contributed by atoms with Gasteiger partial charge in [0.15, 0.2) is 0 Å². The van der Waals surface area contributed by atoms with E-state index in [-0.39, 0.29) is 6.61 Å². The Hall–Kier alpha value is -2.68. The first-order valence-corrected chi connectivity index (χ1v) is 10.8. The summed E-state index contributed by atoms with van der Waals surface area (Å²) in [5.74, 6) is 1.56. The maximum absolute atomic E-state index is 9.61. The molecule has 2 aromatic heterocycles. The van der Waals surface area contributed by atoms with Gasteiger partial charge in [0, 0.05) is 25.3 Å². The van der Waals surface area contributed by atoms with Gasteiger partial charge in [-0.05, 0) is 49.7 Å². The molecule has 0 saturated carbocycles. The van der Waals surface area contributed by atoms with E-state index in [2.05, 4.69) is 14.8 Å². The molecule has 1 aliphatic heterocycles. The summed E-state index contributed by atoms with van der Waals surface area (Å²) in [6, 6.07) is 9.75. The van der Waals surface area contributed by atoms with E-state index >= 15 is 0 Å². The Balaban J connectivity index is 1.56. The number of methoxy groups -OCH3 is 1. The summed E-state index contributed by atoms with van der Waals surface area (Å²) in [6.45, 7) is 8.01. The third-order valence-corrected chi connectivity index (χ3v) is 5.63. The number of ether oxygens (including phenoxy) is 2. The highest BCUT2D eigenvalue weighted by Crippen LogP contribution is 2.25. The summed E-state index contributed by atoms with van der Waals surface area (Å²) in [4.78, 5) is 11.9. The van der Waals surface area contributed by atoms with Crippen LogP contribution in [0.2, 0.25) is 0 Å². The molecule has 1 fully saturated rings. The molecular weight excluding hydrogens is 394 g/mol. The van der Waals surface area contributed by atoms with Crippen molar-refractivity contribution in [3.8, 4) is 5.75 Å². The molecule has 1 aromatic carbocycles. The minimum atomic E-state index is -0.00452. The predicted molar refractivity (Wildman–Crippen MR) is 121 cm³/mol. The van der Waals surface area contributed by atoms with Gasteiger partial charge in [-0.3, -0.25) is 9.88 Å². The number of nitrogens with zero attached hydrogens (tertiary/aromatic N) is 4. The Morgan fingerprint density at radius 2 is 2.00 bits per heavy atom. The quantitative estimate of drug-likeness (QED) is 0.509. The third-order valence-electron chi connectivity index (χ3n) is 5.63. The van der Waals surface area contributed by atoms with Gasteiger partial charge in [-0.15, -0.1) is 0 Å². The van der Waals surface area contributed by atoms with Crippen molar-refractivity contribution in [2.75, 3.05) is 51.8 Å². The fraction of sp³-hybridized carbons (Fsp3) is 0.478. The molecule has 166 valence electrons. The molecule has 0 aliphatic carbocycles. The Bertz CT molecular complexity index is 1010. The first-order chi connectivity index (χ1) is 15.2. The van der Waals surface area contributed by atoms with Crippen molar-refractivity contribution in [1.29, 1.82) is 0 Å². The lowest BCUT2D eigenvalue weighted by molar-refractivity contribution is 0.0378. The molecule has 4 rings (SSSR count). The van der Waals surface area contributed by atoms with Gasteiger partial charge in [0.25, 0.3) is 0 Å². The first-order valence-electron chi connectivity index (χ1n) is 10.8. The van der Waals surface area contributed by atoms with Crippen LogP contribution in [0.25, 0.3) is 11.0 Å². The Labute approximate surface area is 182 Å². The zero-order chi connectivity index (χ0) is 21.6. The van der Waals surface area contributed by atoms with Gasteiger partial charge in [0.1, 0.15) is 11.4 Å². The third kappa shape index (κ3) is 5.15. The average Bonchev–Trinajstić information content (AvgIpc) is 3.14. The standard InChI is InChI=1S/C23H31N5O3/c1-17-4-7-22(30-2)20(25-17)15-28-21-14-18(16-29)5-6-19(21)26-23(28)24-8-3-9-27-10-12-31-13-11-27/h4-7,14,29H,3,8-13,15-16H2,1-2H3,(H,24,26). The van der Waals surface area contributed by atoms with Gasteiger partial charge < -0.3 is 24.5 Å². The number of nitrogens with one attached hydrogen (secondary N) is 1. The second kappa shape index (κ2) is 10.1. The number of benzene rings is 1. The molecule has 8 nitrogen and oxygen atoms in total. The number of aliphatic hydroxyl groups excluding tert-OH is 1. The molecule has 0 bridgehead atoms. The maximum Gasteiger partial charge on any atom is 0.204 e. The fourth-order valence-corrected chi connectivity index (χ4v) is 3.94. The van der Waals surface area contributed by atoms with E-state index in [1.54, 1.807) is 7.11 Å². The number of aryl methyl sites for hydroxylation is 1. The Kier molecular flexibility index (Phi) is 7.01. The predicted octanol–water partition coefficient (Wildman–Crippen LogP) is 2.42. The fourth-order valence-electron chi connectivity index (χ4n) is 3.94. The summed E-state index contributed by atoms with van der Waals surface area (Å²) in [7, 11) is 1.66. The molecule has 8 heteroatoms. The zero-order valence-electron chi connectivity index (χ0n) is 18.3. The number of aliphatic hydroxyl groups is 1. The zero-order valence-corrected chi connectivity index (χ0v) is 18.3. The van der Waals surface area contributed by atoms with Crippen LogP contribution in [0.3, 0.4) is 0 Å². The molecule has 0 radical (unpaired) electrons. The summed E-state index contributed by atoms with van der Waals surface area (Å²) in [6.07, 6.45) is 1.02. The largest absolute Gasteiger partial charge is 0.495 e. The molecule has 1 saturated heterocycles. The maximum atomic E-state index is 9.61. The summed E-state index contributed by atoms with van der Waals surface area (Å²) in [5, 5.41) is 13.1. The van der Waals surface area contributed by atoms with Crippen LogP contribution in [0, 0.1) is 6.92 Å². The van der Waals surface area contributed by atoms with Gasteiger partial charge in [0.2, 0.25) is 5.95 Å². The highest BCUT2D eigenvalue weighted by molar-refractivity contribution is 5.79. The van der Waals surface area contributed by atoms with Crippen LogP contribution in [-0.4, -0.2) is 71.0 Å². The number of anilines is 1. The van der Waals surface area contributed by atoms with E-state index in [1.165, 1.54) is 0 Å². The highest BCUT2D eigenvalue weighted by atomic mass is 16.5. The van der Waals surface area contributed by atoms with Gasteiger partial charge >= 0.3 is 0 Å². The van der Waals surface area contributed by atoms with Crippen molar-refractivity contribution in [3.63, 3.8) is 0 Å². The minimum Gasteiger partial charge on any atom is -0.495 e. The van der Waals surface area contributed by atoms with Crippen LogP contribution in [0.1, 0.15) is 23.4 Å². The smallest absolute Gasteiger partial charge is 0.204 e. The topological polar surface area (TPSA) is 84.7 Å². The number of hydrogen-bond donors (Lipinski definition) is 2. The normalized spacial score (nSPS) is 14.8. The number of morpholine rings is 1. The SMILES string of the molecule is COc1ccc(C)nc1Cn1c(NCCCN2CCOCC2)nc2ccc(CO)cc21. The molecule has 0 amide bonds. The van der Waals surface area contributed by atoms with Gasteiger partial charge in [0.05, 0.1) is 44.5 Å². The van der Waals surface area contributed by atoms with Crippen LogP contribution in [0.15, 0.2) is 30.3 Å². The molecule has 0 spiro atoms. The Morgan fingerprint density at radius 1 is 1.16 bits per heavy atom. The molecule has 1 aliphatic rings. The number of pyridine rings is 1. The minimum absolute atomic E-state index is 0.00452. The molecule has 31 heavy (non-hydrogen) atoms. The van der Waals surface area contributed by atoms with Crippen molar-refractivity contribution in [2.24, 2.45) is 0 Å². The van der Waals surface area contributed by atoms with E-state index in [1.807, 2.05) is 37.3 Å². The number of imidazole rings is 1. The van der Waals surface area contributed by atoms with Gasteiger partial charge in [-0.2, -0.15) is 0 Å². The lowest BCUT2D eigenvalue weighted by Gasteiger charge is -2.26. The molecule has 0 atom stereocenters. The van der Waals surface area contributed by atoms with E-state index in [0.29, 0.717) is 6.54 Å². The van der Waals surface area contributed by atoms with E-state index in [9.17, 15) is 5.11 Å². The molecule has 3 heterocycles. The van der Waals surface area contributed by atoms with Crippen molar-refractivity contribution >= 4 is 17.0 Å². The number of fused-ring (bicyclic) bond motifs is 1. The molecule has 0 unspecified atom stereocenters. The lowest BCUT2D eigenvalue weighted by Crippen LogP contribution is -2.37. The first kappa shape index (κ1) is 21.5. The Morgan fingerprint density at radius 3 is 2.77 bits per heavy atom. The van der Waals surface area contributed by atoms with Gasteiger partial charge in [-0.25, -0.2) is 4.98 Å². The summed E-state index contributed by atoms with van der Waals surface area (Å²) in [5.41, 5.74) is 4.51. The van der Waals surface area contributed by atoms with Crippen molar-refractivity contribution in [3.05, 3.63) is 47.3 Å². The van der Waals surface area contributed by atoms with Crippen LogP contribution in [-0.2, 0) is 17.9 Å². The van der Waals surface area contributed by atoms with Crippen molar-refractivity contribution in [2.45, 2.75) is 26.5 Å². The molecule has 3 aromatic rings. The second-order valence-electron chi connectivity index (χ2n) is 7.84. The van der Waals surface area contributed by atoms with E-state index in [4.69, 9.17) is 19.4 Å². The van der Waals surface area contributed by atoms with Crippen LogP contribution in [0.5, 0.6) is 5.75 Å². The average molecular weight is 426 g/mol. The number of rotatable bonds is 9. The number of hydrogen-bond acceptors (Lipinski definition) is 7. The van der Waals surface area contributed by atoms with E-state index < -0.39 is 0 Å². The number of aromatic nitrogens is 3. The lowest BCUT2D eigenvalue weighted by atomic mass is 10.2. The van der Waals surface area contributed by atoms with Crippen LogP contribution in [0.4, 0.5) is 5.95 Å². The van der Waals surface area contributed by atoms with Crippen molar-refractivity contribution in [1.82, 2.24) is 19.4 Å². The van der Waals surface area contributed by atoms with Crippen LogP contribution >= 0.6 is 0 Å². The van der Waals surface area contributed by atoms with E-state index in [0.717, 1.165) is 85.5 Å². The summed E-state index contributed by atoms with van der Waals surface area (Å²) < 4.78 is 13.1. The highest BCUT2D eigenvalue weighted by Gasteiger charge is 2.15. The molecular formula is C23H31N5O3. The van der Waals surface area contributed by atoms with Crippen LogP contribution < -0.4 is 10.1 Å². The monoisotopic (exact) mass is 425 g/mol. The second-order valence-corrected chi connectivity index (χ2v) is 7.84. The van der Waals surface area contributed by atoms with Crippen molar-refractivity contribution < 1.29 is 14.6 Å². The van der Waals surface area contributed by atoms with Gasteiger partial charge in [-0.1, -0.05) is 6.07 Å².